The predicted molar refractivity (Wildman–Crippen MR) is 96.0 cm³/mol. The SMILES string of the molecule is COc1ccc(CCN(CCC(=O)NCCC(C)C)C(C)=O)cc1. The van der Waals surface area contributed by atoms with Crippen LogP contribution in [0.25, 0.3) is 0 Å². The van der Waals surface area contributed by atoms with Gasteiger partial charge in [-0.1, -0.05) is 26.0 Å². The predicted octanol–water partition coefficient (Wildman–Crippen LogP) is 2.64. The van der Waals surface area contributed by atoms with E-state index in [-0.39, 0.29) is 11.8 Å². The number of nitrogens with zero attached hydrogens (tertiary/aromatic N) is 1. The first-order valence-corrected chi connectivity index (χ1v) is 8.57. The number of benzene rings is 1. The van der Waals surface area contributed by atoms with Crippen LogP contribution >= 0.6 is 0 Å². The summed E-state index contributed by atoms with van der Waals surface area (Å²) in [4.78, 5) is 25.3. The van der Waals surface area contributed by atoms with Crippen LogP contribution in [0.4, 0.5) is 0 Å². The topological polar surface area (TPSA) is 58.6 Å². The van der Waals surface area contributed by atoms with E-state index >= 15 is 0 Å². The number of nitrogens with one attached hydrogen (secondary N) is 1. The summed E-state index contributed by atoms with van der Waals surface area (Å²) in [5, 5.41) is 2.90. The number of methoxy groups -OCH3 is 1. The summed E-state index contributed by atoms with van der Waals surface area (Å²) in [5.41, 5.74) is 1.14. The van der Waals surface area contributed by atoms with Crippen molar-refractivity contribution in [2.24, 2.45) is 5.92 Å². The molecule has 0 aromatic heterocycles. The largest absolute Gasteiger partial charge is 0.497 e. The first kappa shape index (κ1) is 20.0. The highest BCUT2D eigenvalue weighted by atomic mass is 16.5. The summed E-state index contributed by atoms with van der Waals surface area (Å²) < 4.78 is 5.14. The Morgan fingerprint density at radius 1 is 1.17 bits per heavy atom. The van der Waals surface area contributed by atoms with E-state index in [0.717, 1.165) is 24.2 Å². The maximum atomic E-state index is 11.8. The number of hydrogen-bond donors (Lipinski definition) is 1. The van der Waals surface area contributed by atoms with Gasteiger partial charge in [0.25, 0.3) is 0 Å². The van der Waals surface area contributed by atoms with Crippen molar-refractivity contribution >= 4 is 11.8 Å². The molecule has 1 N–H and O–H groups in total. The van der Waals surface area contributed by atoms with Crippen LogP contribution in [0.15, 0.2) is 24.3 Å². The average Bonchev–Trinajstić information content (AvgIpc) is 2.54. The molecule has 134 valence electrons. The fourth-order valence-corrected chi connectivity index (χ4v) is 2.31. The van der Waals surface area contributed by atoms with Crippen molar-refractivity contribution < 1.29 is 14.3 Å². The molecular formula is C19H30N2O3. The van der Waals surface area contributed by atoms with E-state index in [1.807, 2.05) is 24.3 Å². The Balaban J connectivity index is 2.37. The summed E-state index contributed by atoms with van der Waals surface area (Å²) in [5.74, 6) is 1.40. The zero-order valence-electron chi connectivity index (χ0n) is 15.3. The first-order chi connectivity index (χ1) is 11.4. The fourth-order valence-electron chi connectivity index (χ4n) is 2.31. The second kappa shape index (κ2) is 10.7. The zero-order valence-corrected chi connectivity index (χ0v) is 15.3. The number of amides is 2. The third-order valence-corrected chi connectivity index (χ3v) is 3.93. The van der Waals surface area contributed by atoms with E-state index in [1.54, 1.807) is 18.9 Å². The summed E-state index contributed by atoms with van der Waals surface area (Å²) in [7, 11) is 1.64. The Morgan fingerprint density at radius 2 is 1.83 bits per heavy atom. The van der Waals surface area contributed by atoms with Crippen molar-refractivity contribution in [2.75, 3.05) is 26.7 Å². The van der Waals surface area contributed by atoms with Crippen LogP contribution < -0.4 is 10.1 Å². The van der Waals surface area contributed by atoms with Crippen LogP contribution in [-0.2, 0) is 16.0 Å². The lowest BCUT2D eigenvalue weighted by atomic mass is 10.1. The number of ether oxygens (including phenoxy) is 1. The van der Waals surface area contributed by atoms with Crippen LogP contribution in [-0.4, -0.2) is 43.5 Å². The molecule has 0 aliphatic carbocycles. The van der Waals surface area contributed by atoms with Gasteiger partial charge < -0.3 is 15.0 Å². The van der Waals surface area contributed by atoms with Gasteiger partial charge in [0, 0.05) is 33.0 Å². The molecule has 1 aromatic carbocycles. The first-order valence-electron chi connectivity index (χ1n) is 8.57. The Hall–Kier alpha value is -2.04. The van der Waals surface area contributed by atoms with Gasteiger partial charge in [-0.05, 0) is 36.5 Å². The third-order valence-electron chi connectivity index (χ3n) is 3.93. The number of hydrogen-bond acceptors (Lipinski definition) is 3. The van der Waals surface area contributed by atoms with Gasteiger partial charge in [0.2, 0.25) is 11.8 Å². The highest BCUT2D eigenvalue weighted by molar-refractivity contribution is 5.77. The van der Waals surface area contributed by atoms with E-state index in [2.05, 4.69) is 19.2 Å². The average molecular weight is 334 g/mol. The maximum absolute atomic E-state index is 11.8. The van der Waals surface area contributed by atoms with Gasteiger partial charge in [-0.25, -0.2) is 0 Å². The van der Waals surface area contributed by atoms with Crippen LogP contribution in [0.3, 0.4) is 0 Å². The molecule has 1 rings (SSSR count). The summed E-state index contributed by atoms with van der Waals surface area (Å²) >= 11 is 0. The fraction of sp³-hybridized carbons (Fsp3) is 0.579. The van der Waals surface area contributed by atoms with Crippen molar-refractivity contribution in [3.8, 4) is 5.75 Å². The van der Waals surface area contributed by atoms with E-state index in [4.69, 9.17) is 4.74 Å². The van der Waals surface area contributed by atoms with Crippen LogP contribution in [0.1, 0.15) is 39.2 Å². The number of carbonyl (C=O) groups excluding carboxylic acids is 2. The molecule has 0 bridgehead atoms. The normalized spacial score (nSPS) is 10.5. The second-order valence-electron chi connectivity index (χ2n) is 6.39. The van der Waals surface area contributed by atoms with Crippen molar-refractivity contribution in [3.63, 3.8) is 0 Å². The molecule has 0 saturated carbocycles. The van der Waals surface area contributed by atoms with Gasteiger partial charge in [-0.3, -0.25) is 9.59 Å². The van der Waals surface area contributed by atoms with Crippen molar-refractivity contribution in [1.29, 1.82) is 0 Å². The lowest BCUT2D eigenvalue weighted by Crippen LogP contribution is -2.35. The standard InChI is InChI=1S/C19H30N2O3/c1-15(2)9-12-20-19(23)11-14-21(16(3)22)13-10-17-5-7-18(24-4)8-6-17/h5-8,15H,9-14H2,1-4H3,(H,20,23). The monoisotopic (exact) mass is 334 g/mol. The van der Waals surface area contributed by atoms with Crippen molar-refractivity contribution in [2.45, 2.75) is 40.0 Å². The highest BCUT2D eigenvalue weighted by Gasteiger charge is 2.11. The minimum absolute atomic E-state index is 0.00140. The molecule has 0 fully saturated rings. The molecular weight excluding hydrogens is 304 g/mol. The Morgan fingerprint density at radius 3 is 2.38 bits per heavy atom. The minimum Gasteiger partial charge on any atom is -0.497 e. The van der Waals surface area contributed by atoms with Gasteiger partial charge in [0.1, 0.15) is 5.75 Å². The van der Waals surface area contributed by atoms with Gasteiger partial charge in [0.05, 0.1) is 7.11 Å². The van der Waals surface area contributed by atoms with Crippen molar-refractivity contribution in [1.82, 2.24) is 10.2 Å². The summed E-state index contributed by atoms with van der Waals surface area (Å²) in [6.07, 6.45) is 2.08. The maximum Gasteiger partial charge on any atom is 0.221 e. The zero-order chi connectivity index (χ0) is 17.9. The molecule has 0 saturated heterocycles. The number of rotatable bonds is 10. The van der Waals surface area contributed by atoms with Gasteiger partial charge in [0.15, 0.2) is 0 Å². The van der Waals surface area contributed by atoms with E-state index in [1.165, 1.54) is 0 Å². The molecule has 2 amide bonds. The van der Waals surface area contributed by atoms with E-state index < -0.39 is 0 Å². The quantitative estimate of drug-likeness (QED) is 0.715. The van der Waals surface area contributed by atoms with E-state index in [0.29, 0.717) is 32.0 Å². The van der Waals surface area contributed by atoms with Crippen molar-refractivity contribution in [3.05, 3.63) is 29.8 Å². The molecule has 0 aliphatic rings. The van der Waals surface area contributed by atoms with Crippen LogP contribution in [0.2, 0.25) is 0 Å². The Labute approximate surface area is 145 Å². The molecule has 0 aliphatic heterocycles. The van der Waals surface area contributed by atoms with Crippen LogP contribution in [0, 0.1) is 5.92 Å². The third kappa shape index (κ3) is 7.99. The summed E-state index contributed by atoms with van der Waals surface area (Å²) in [6, 6.07) is 7.82. The lowest BCUT2D eigenvalue weighted by Gasteiger charge is -2.21. The number of carbonyl (C=O) groups is 2. The Bertz CT molecular complexity index is 512. The molecule has 0 heterocycles. The molecule has 0 radical (unpaired) electrons. The molecule has 5 heteroatoms. The summed E-state index contributed by atoms with van der Waals surface area (Å²) in [6.45, 7) is 7.57. The lowest BCUT2D eigenvalue weighted by molar-refractivity contribution is -0.129. The molecule has 24 heavy (non-hydrogen) atoms. The van der Waals surface area contributed by atoms with Gasteiger partial charge in [-0.2, -0.15) is 0 Å². The smallest absolute Gasteiger partial charge is 0.221 e. The van der Waals surface area contributed by atoms with Gasteiger partial charge in [-0.15, -0.1) is 0 Å². The molecule has 0 spiro atoms. The highest BCUT2D eigenvalue weighted by Crippen LogP contribution is 2.12. The second-order valence-corrected chi connectivity index (χ2v) is 6.39. The molecule has 0 unspecified atom stereocenters. The molecule has 5 nitrogen and oxygen atoms in total. The van der Waals surface area contributed by atoms with E-state index in [9.17, 15) is 9.59 Å². The minimum atomic E-state index is -0.00140. The van der Waals surface area contributed by atoms with Crippen LogP contribution in [0.5, 0.6) is 5.75 Å². The Kier molecular flexibility index (Phi) is 8.90. The molecule has 0 atom stereocenters. The van der Waals surface area contributed by atoms with Gasteiger partial charge >= 0.3 is 0 Å². The molecule has 1 aromatic rings.